The Labute approximate surface area is 198 Å². The number of rotatable bonds is 8. The molecule has 174 valence electrons. The van der Waals surface area contributed by atoms with E-state index in [0.717, 1.165) is 4.88 Å². The van der Waals surface area contributed by atoms with Crippen molar-refractivity contribution in [3.8, 4) is 0 Å². The highest BCUT2D eigenvalue weighted by atomic mass is 32.2. The van der Waals surface area contributed by atoms with Crippen LogP contribution in [0.3, 0.4) is 0 Å². The van der Waals surface area contributed by atoms with Crippen LogP contribution in [-0.2, 0) is 21.1 Å². The van der Waals surface area contributed by atoms with E-state index in [4.69, 9.17) is 0 Å². The lowest BCUT2D eigenvalue weighted by atomic mass is 10.0. The van der Waals surface area contributed by atoms with E-state index >= 15 is 0 Å². The van der Waals surface area contributed by atoms with Gasteiger partial charge in [0.25, 0.3) is 5.91 Å². The number of hydrogen-bond donors (Lipinski definition) is 2. The minimum Gasteiger partial charge on any atom is -0.339 e. The fourth-order valence-electron chi connectivity index (χ4n) is 3.20. The van der Waals surface area contributed by atoms with Gasteiger partial charge in [0.2, 0.25) is 5.91 Å². The molecule has 2 N–H and O–H groups in total. The smallest absolute Gasteiger partial charge is 0.270 e. The third kappa shape index (κ3) is 7.23. The normalized spacial score (nSPS) is 12.7. The number of hydrogen-bond acceptors (Lipinski definition) is 6. The number of carbonyl (C=O) groups is 2. The zero-order valence-electron chi connectivity index (χ0n) is 18.7. The number of benzene rings is 1. The van der Waals surface area contributed by atoms with Crippen LogP contribution in [-0.4, -0.2) is 37.0 Å². The van der Waals surface area contributed by atoms with Crippen LogP contribution in [0, 0.1) is 5.41 Å². The summed E-state index contributed by atoms with van der Waals surface area (Å²) in [6, 6.07) is 14.0. The summed E-state index contributed by atoms with van der Waals surface area (Å²) in [7, 11) is -3.44. The molecule has 7 nitrogen and oxygen atoms in total. The van der Waals surface area contributed by atoms with Gasteiger partial charge in [-0.15, -0.1) is 11.3 Å². The average Bonchev–Trinajstić information content (AvgIpc) is 3.26. The van der Waals surface area contributed by atoms with Gasteiger partial charge in [0.15, 0.2) is 9.84 Å². The monoisotopic (exact) mass is 485 g/mol. The minimum absolute atomic E-state index is 0.0220. The number of nitrogens with zero attached hydrogens (tertiary/aromatic N) is 1. The number of nitrogens with one attached hydrogen (secondary N) is 2. The van der Waals surface area contributed by atoms with Gasteiger partial charge in [-0.1, -0.05) is 32.9 Å². The van der Waals surface area contributed by atoms with Crippen LogP contribution in [0.2, 0.25) is 0 Å². The second-order valence-electron chi connectivity index (χ2n) is 8.86. The first kappa shape index (κ1) is 24.6. The van der Waals surface area contributed by atoms with E-state index in [9.17, 15) is 18.0 Å². The Bertz CT molecular complexity index is 1180. The number of amides is 2. The molecule has 1 atom stereocenters. The molecule has 0 radical (unpaired) electrons. The van der Waals surface area contributed by atoms with Crippen LogP contribution in [0.25, 0.3) is 0 Å². The minimum atomic E-state index is -3.44. The lowest BCUT2D eigenvalue weighted by Crippen LogP contribution is -2.45. The Hall–Kier alpha value is -3.04. The number of aromatic nitrogens is 1. The van der Waals surface area contributed by atoms with Crippen LogP contribution >= 0.6 is 11.3 Å². The van der Waals surface area contributed by atoms with Crippen molar-refractivity contribution in [2.45, 2.75) is 38.1 Å². The average molecular weight is 486 g/mol. The summed E-state index contributed by atoms with van der Waals surface area (Å²) < 4.78 is 25.2. The number of sulfone groups is 1. The molecule has 0 aliphatic rings. The molecule has 2 amide bonds. The molecule has 3 aromatic rings. The van der Waals surface area contributed by atoms with Gasteiger partial charge in [0.05, 0.1) is 10.6 Å². The zero-order valence-corrected chi connectivity index (χ0v) is 20.4. The van der Waals surface area contributed by atoms with Gasteiger partial charge in [0.1, 0.15) is 11.7 Å². The molecule has 33 heavy (non-hydrogen) atoms. The Morgan fingerprint density at radius 2 is 1.76 bits per heavy atom. The number of thiophene rings is 1. The fourth-order valence-corrected chi connectivity index (χ4v) is 5.81. The summed E-state index contributed by atoms with van der Waals surface area (Å²) in [6.07, 6.45) is 1.83. The maximum absolute atomic E-state index is 13.0. The van der Waals surface area contributed by atoms with Gasteiger partial charge in [-0.2, -0.15) is 0 Å². The number of anilines is 1. The van der Waals surface area contributed by atoms with Crippen molar-refractivity contribution in [1.82, 2.24) is 10.3 Å². The first-order valence-corrected chi connectivity index (χ1v) is 12.9. The van der Waals surface area contributed by atoms with E-state index in [1.165, 1.54) is 29.7 Å². The largest absolute Gasteiger partial charge is 0.339 e. The molecule has 1 aromatic carbocycles. The van der Waals surface area contributed by atoms with E-state index in [1.807, 2.05) is 38.3 Å². The first-order chi connectivity index (χ1) is 15.5. The van der Waals surface area contributed by atoms with Crippen molar-refractivity contribution in [2.75, 3.05) is 11.1 Å². The van der Waals surface area contributed by atoms with Gasteiger partial charge < -0.3 is 10.6 Å². The standard InChI is InChI=1S/C24H27N3O4S2/c1-24(2,3)16-33(30,31)19-11-9-17(10-12-19)26-23(29)21(15-18-7-6-14-32-18)27-22(28)20-8-4-5-13-25-20/h4-14,21H,15-16H2,1-3H3,(H,26,29)(H,27,28)/t21-/m0/s1. The Morgan fingerprint density at radius 1 is 1.03 bits per heavy atom. The molecule has 0 saturated carbocycles. The van der Waals surface area contributed by atoms with Gasteiger partial charge in [0, 0.05) is 23.2 Å². The SMILES string of the molecule is CC(C)(C)CS(=O)(=O)c1ccc(NC(=O)[C@H](Cc2cccs2)NC(=O)c2ccccn2)cc1. The number of pyridine rings is 1. The Kier molecular flexibility index (Phi) is 7.65. The molecule has 2 heterocycles. The number of carbonyl (C=O) groups excluding carboxylic acids is 2. The lowest BCUT2D eigenvalue weighted by Gasteiger charge is -2.19. The van der Waals surface area contributed by atoms with E-state index in [0.29, 0.717) is 12.1 Å². The van der Waals surface area contributed by atoms with Crippen molar-refractivity contribution >= 4 is 38.7 Å². The summed E-state index contributed by atoms with van der Waals surface area (Å²) >= 11 is 1.49. The molecule has 0 fully saturated rings. The molecular weight excluding hydrogens is 458 g/mol. The quantitative estimate of drug-likeness (QED) is 0.503. The predicted octanol–water partition coefficient (Wildman–Crippen LogP) is 3.94. The van der Waals surface area contributed by atoms with Crippen LogP contribution in [0.5, 0.6) is 0 Å². The highest BCUT2D eigenvalue weighted by Gasteiger charge is 2.25. The molecule has 0 bridgehead atoms. The second kappa shape index (κ2) is 10.3. The zero-order chi connectivity index (χ0) is 24.1. The first-order valence-electron chi connectivity index (χ1n) is 10.4. The van der Waals surface area contributed by atoms with Crippen LogP contribution < -0.4 is 10.6 Å². The summed E-state index contributed by atoms with van der Waals surface area (Å²) in [5, 5.41) is 7.43. The summed E-state index contributed by atoms with van der Waals surface area (Å²) in [4.78, 5) is 30.8. The van der Waals surface area contributed by atoms with Crippen LogP contribution in [0.15, 0.2) is 71.1 Å². The molecule has 0 spiro atoms. The van der Waals surface area contributed by atoms with Crippen LogP contribution in [0.1, 0.15) is 36.1 Å². The van der Waals surface area contributed by atoms with Crippen molar-refractivity contribution in [3.63, 3.8) is 0 Å². The Balaban J connectivity index is 1.74. The second-order valence-corrected chi connectivity index (χ2v) is 11.9. The van der Waals surface area contributed by atoms with Gasteiger partial charge in [-0.3, -0.25) is 14.6 Å². The highest BCUT2D eigenvalue weighted by Crippen LogP contribution is 2.23. The van der Waals surface area contributed by atoms with Gasteiger partial charge >= 0.3 is 0 Å². The Morgan fingerprint density at radius 3 is 2.33 bits per heavy atom. The topological polar surface area (TPSA) is 105 Å². The van der Waals surface area contributed by atoms with E-state index in [2.05, 4.69) is 15.6 Å². The van der Waals surface area contributed by atoms with E-state index in [-0.39, 0.29) is 21.8 Å². The lowest BCUT2D eigenvalue weighted by molar-refractivity contribution is -0.117. The summed E-state index contributed by atoms with van der Waals surface area (Å²) in [5.41, 5.74) is 0.292. The van der Waals surface area contributed by atoms with Crippen molar-refractivity contribution in [1.29, 1.82) is 0 Å². The van der Waals surface area contributed by atoms with Crippen molar-refractivity contribution in [3.05, 3.63) is 76.7 Å². The molecule has 3 rings (SSSR count). The van der Waals surface area contributed by atoms with E-state index < -0.39 is 27.7 Å². The van der Waals surface area contributed by atoms with Crippen molar-refractivity contribution in [2.24, 2.45) is 5.41 Å². The van der Waals surface area contributed by atoms with Gasteiger partial charge in [-0.05, 0) is 53.3 Å². The third-order valence-electron chi connectivity index (χ3n) is 4.61. The third-order valence-corrected chi connectivity index (χ3v) is 7.74. The fraction of sp³-hybridized carbons (Fsp3) is 0.292. The molecule has 2 aromatic heterocycles. The molecule has 0 saturated heterocycles. The van der Waals surface area contributed by atoms with Gasteiger partial charge in [-0.25, -0.2) is 8.42 Å². The molecule has 0 aliphatic carbocycles. The molecule has 0 unspecified atom stereocenters. The molecule has 0 aliphatic heterocycles. The molecule has 9 heteroatoms. The summed E-state index contributed by atoms with van der Waals surface area (Å²) in [6.45, 7) is 5.60. The maximum atomic E-state index is 13.0. The van der Waals surface area contributed by atoms with Crippen LogP contribution in [0.4, 0.5) is 5.69 Å². The predicted molar refractivity (Wildman–Crippen MR) is 130 cm³/mol. The van der Waals surface area contributed by atoms with Crippen molar-refractivity contribution < 1.29 is 18.0 Å². The molecular formula is C24H27N3O4S2. The summed E-state index contributed by atoms with van der Waals surface area (Å²) in [5.74, 6) is -0.831. The van der Waals surface area contributed by atoms with E-state index in [1.54, 1.807) is 30.3 Å². The maximum Gasteiger partial charge on any atom is 0.270 e. The highest BCUT2D eigenvalue weighted by molar-refractivity contribution is 7.91.